The smallest absolute Gasteiger partial charge is 0.452 e. The van der Waals surface area contributed by atoms with Gasteiger partial charge in [0.25, 0.3) is 0 Å². The van der Waals surface area contributed by atoms with E-state index in [9.17, 15) is 29.4 Å². The fraction of sp³-hybridized carbons (Fsp3) is 0.522. The number of phosphoric ester groups is 1. The Hall–Kier alpha value is -0.800. The predicted molar refractivity (Wildman–Crippen MR) is 128 cm³/mol. The zero-order valence-electron chi connectivity index (χ0n) is 19.6. The number of carbonyl (C=O) groups excluding carboxylic acids is 1. The number of hydrogen-bond acceptors (Lipinski definition) is 6. The van der Waals surface area contributed by atoms with Crippen molar-refractivity contribution in [3.05, 3.63) is 60.8 Å². The summed E-state index contributed by atoms with van der Waals surface area (Å²) in [6, 6.07) is 0. The summed E-state index contributed by atoms with van der Waals surface area (Å²) in [7, 11) is -4.80. The number of esters is 1. The van der Waals surface area contributed by atoms with Gasteiger partial charge in [-0.3, -0.25) is 4.52 Å². The summed E-state index contributed by atoms with van der Waals surface area (Å²) in [5.41, 5.74) is 0. The van der Waals surface area contributed by atoms with Gasteiger partial charge < -0.3 is 24.7 Å². The van der Waals surface area contributed by atoms with Crippen LogP contribution in [0.25, 0.3) is 0 Å². The van der Waals surface area contributed by atoms with Crippen molar-refractivity contribution in [3.8, 4) is 0 Å². The van der Waals surface area contributed by atoms with Crippen LogP contribution in [-0.2, 0) is 18.6 Å². The molecule has 0 aliphatic carbocycles. The summed E-state index contributed by atoms with van der Waals surface area (Å²) < 4.78 is 21.2. The Labute approximate surface area is 218 Å². The zero-order chi connectivity index (χ0) is 24.0. The normalized spacial score (nSPS) is 22.2. The van der Waals surface area contributed by atoms with Gasteiger partial charge in [0.15, 0.2) is 0 Å². The second kappa shape index (κ2) is 17.6. The standard InChI is InChI=1S/C23H35O8P.Na/c1-3-4-5-6-7-8-9-10-11-13-19(24)18(2)21(31-32(27,28)29)14-12-15-22-20(25)16-17-23(26)30-22;/h7-13,15-22,24-25H,3-6,14H2,1-2H3,(H2,27,28,29);/b8-7+,10-9-,13-11-,15-12+;/t18-,19-,20-,21-,22-;/m0./s1. The van der Waals surface area contributed by atoms with Gasteiger partial charge in [0, 0.05) is 41.6 Å². The fourth-order valence-electron chi connectivity index (χ4n) is 2.95. The number of hydrogen-bond donors (Lipinski definition) is 4. The predicted octanol–water partition coefficient (Wildman–Crippen LogP) is 3.12. The van der Waals surface area contributed by atoms with E-state index in [1.807, 2.05) is 12.2 Å². The van der Waals surface area contributed by atoms with Crippen molar-refractivity contribution in [1.29, 1.82) is 0 Å². The van der Waals surface area contributed by atoms with E-state index in [0.717, 1.165) is 18.9 Å². The van der Waals surface area contributed by atoms with E-state index in [1.165, 1.54) is 37.1 Å². The molecule has 0 aromatic heterocycles. The number of cyclic esters (lactones) is 1. The maximum atomic E-state index is 11.4. The van der Waals surface area contributed by atoms with Crippen LogP contribution in [0.5, 0.6) is 0 Å². The summed E-state index contributed by atoms with van der Waals surface area (Å²) in [5, 5.41) is 20.2. The Morgan fingerprint density at radius 3 is 2.55 bits per heavy atom. The van der Waals surface area contributed by atoms with Gasteiger partial charge in [0.2, 0.25) is 0 Å². The number of carbonyl (C=O) groups is 1. The molecule has 33 heavy (non-hydrogen) atoms. The summed E-state index contributed by atoms with van der Waals surface area (Å²) in [6.07, 6.45) is 16.8. The van der Waals surface area contributed by atoms with Gasteiger partial charge in [-0.2, -0.15) is 0 Å². The quantitative estimate of drug-likeness (QED) is 0.0725. The minimum Gasteiger partial charge on any atom is -0.452 e. The van der Waals surface area contributed by atoms with Crippen molar-refractivity contribution >= 4 is 43.3 Å². The first-order chi connectivity index (χ1) is 15.1. The second-order valence-corrected chi connectivity index (χ2v) is 8.78. The monoisotopic (exact) mass is 493 g/mol. The molecule has 0 amide bonds. The van der Waals surface area contributed by atoms with Crippen LogP contribution in [0, 0.1) is 5.92 Å². The average Bonchev–Trinajstić information content (AvgIpc) is 2.72. The Morgan fingerprint density at radius 2 is 1.88 bits per heavy atom. The Balaban J connectivity index is 0.0000102. The molecule has 0 aromatic rings. The van der Waals surface area contributed by atoms with Crippen molar-refractivity contribution in [3.63, 3.8) is 0 Å². The van der Waals surface area contributed by atoms with Crippen molar-refractivity contribution in [2.24, 2.45) is 5.92 Å². The minimum absolute atomic E-state index is 0. The third-order valence-corrected chi connectivity index (χ3v) is 5.41. The summed E-state index contributed by atoms with van der Waals surface area (Å²) in [6.45, 7) is 3.76. The van der Waals surface area contributed by atoms with E-state index >= 15 is 0 Å². The third kappa shape index (κ3) is 14.9. The molecule has 1 aliphatic rings. The van der Waals surface area contributed by atoms with Gasteiger partial charge in [-0.25, -0.2) is 9.36 Å². The van der Waals surface area contributed by atoms with E-state index in [-0.39, 0.29) is 36.0 Å². The maximum absolute atomic E-state index is 11.4. The first kappa shape index (κ1) is 32.2. The Bertz CT molecular complexity index is 756. The molecule has 0 fully saturated rings. The van der Waals surface area contributed by atoms with E-state index in [4.69, 9.17) is 9.26 Å². The van der Waals surface area contributed by atoms with Crippen LogP contribution in [0.4, 0.5) is 0 Å². The molecular formula is C23H35NaO8P. The van der Waals surface area contributed by atoms with Crippen LogP contribution >= 0.6 is 7.82 Å². The Kier molecular flexibility index (Phi) is 17.2. The molecule has 0 saturated carbocycles. The molecule has 0 aromatic carbocycles. The molecule has 1 rings (SSSR count). The van der Waals surface area contributed by atoms with Crippen molar-refractivity contribution < 1.29 is 38.6 Å². The van der Waals surface area contributed by atoms with Gasteiger partial charge >= 0.3 is 13.8 Å². The molecule has 5 atom stereocenters. The topological polar surface area (TPSA) is 134 Å². The number of aliphatic hydroxyl groups excluding tert-OH is 2. The van der Waals surface area contributed by atoms with Crippen molar-refractivity contribution in [2.45, 2.75) is 70.4 Å². The van der Waals surface area contributed by atoms with Crippen LogP contribution in [0.2, 0.25) is 0 Å². The summed E-state index contributed by atoms with van der Waals surface area (Å²) in [5.74, 6) is -1.24. The van der Waals surface area contributed by atoms with Gasteiger partial charge in [0.1, 0.15) is 12.2 Å². The van der Waals surface area contributed by atoms with Crippen molar-refractivity contribution in [1.82, 2.24) is 0 Å². The number of unbranched alkanes of at least 4 members (excludes halogenated alkanes) is 3. The molecule has 0 saturated heterocycles. The fourth-order valence-corrected chi connectivity index (χ4v) is 3.58. The molecule has 4 N–H and O–H groups in total. The first-order valence-electron chi connectivity index (χ1n) is 10.8. The maximum Gasteiger partial charge on any atom is 0.469 e. The molecule has 0 unspecified atom stereocenters. The van der Waals surface area contributed by atoms with E-state index in [1.54, 1.807) is 19.1 Å². The van der Waals surface area contributed by atoms with Crippen LogP contribution in [0.3, 0.4) is 0 Å². The average molecular weight is 493 g/mol. The van der Waals surface area contributed by atoms with E-state index < -0.39 is 44.1 Å². The molecule has 8 nitrogen and oxygen atoms in total. The number of ether oxygens (including phenoxy) is 1. The van der Waals surface area contributed by atoms with Crippen LogP contribution < -0.4 is 0 Å². The zero-order valence-corrected chi connectivity index (χ0v) is 22.5. The Morgan fingerprint density at radius 1 is 1.18 bits per heavy atom. The third-order valence-electron chi connectivity index (χ3n) is 4.86. The summed E-state index contributed by atoms with van der Waals surface area (Å²) >= 11 is 0. The first-order valence-corrected chi connectivity index (χ1v) is 12.3. The van der Waals surface area contributed by atoms with Gasteiger partial charge in [-0.15, -0.1) is 0 Å². The van der Waals surface area contributed by atoms with Crippen LogP contribution in [0.15, 0.2) is 60.8 Å². The molecule has 1 radical (unpaired) electrons. The number of phosphoric acid groups is 1. The van der Waals surface area contributed by atoms with Crippen LogP contribution in [-0.4, -0.2) is 79.9 Å². The molecular weight excluding hydrogens is 458 g/mol. The van der Waals surface area contributed by atoms with E-state index in [0.29, 0.717) is 0 Å². The summed E-state index contributed by atoms with van der Waals surface area (Å²) in [4.78, 5) is 29.7. The minimum atomic E-state index is -4.80. The van der Waals surface area contributed by atoms with Crippen LogP contribution in [0.1, 0.15) is 46.0 Å². The molecule has 10 heteroatoms. The van der Waals surface area contributed by atoms with Gasteiger partial charge in [-0.05, 0) is 31.4 Å². The van der Waals surface area contributed by atoms with E-state index in [2.05, 4.69) is 13.0 Å². The second-order valence-electron chi connectivity index (χ2n) is 7.59. The molecule has 1 aliphatic heterocycles. The molecule has 1 heterocycles. The van der Waals surface area contributed by atoms with Crippen molar-refractivity contribution in [2.75, 3.05) is 0 Å². The molecule has 181 valence electrons. The van der Waals surface area contributed by atoms with Gasteiger partial charge in [0.05, 0.1) is 12.2 Å². The number of allylic oxidation sites excluding steroid dienone is 5. The molecule has 0 bridgehead atoms. The largest absolute Gasteiger partial charge is 0.469 e. The number of aliphatic hydroxyl groups is 2. The number of rotatable bonds is 14. The van der Waals surface area contributed by atoms with Gasteiger partial charge in [-0.1, -0.05) is 69.2 Å². The molecule has 0 spiro atoms. The SMILES string of the molecule is CCCCC/C=C/C=C\C=C/[C@H](O)[C@H](C)[C@H](C/C=C/[C@@H]1OC(=O)C=C[C@@H]1O)OP(=O)(O)O.[Na].